The predicted molar refractivity (Wildman–Crippen MR) is 131 cm³/mol. The number of fused-ring (bicyclic) bond motifs is 2. The number of hydrogen-bond donors (Lipinski definition) is 2. The molecule has 2 aromatic heterocycles. The minimum Gasteiger partial charge on any atom is -0.490 e. The molecule has 2 aromatic carbocycles. The predicted octanol–water partition coefficient (Wildman–Crippen LogP) is 3.15. The molecule has 0 aliphatic rings. The zero-order valence-electron chi connectivity index (χ0n) is 18.9. The van der Waals surface area contributed by atoms with Gasteiger partial charge in [0.15, 0.2) is 16.3 Å². The van der Waals surface area contributed by atoms with E-state index in [9.17, 15) is 14.7 Å². The molecule has 4 aromatic rings. The van der Waals surface area contributed by atoms with Crippen LogP contribution >= 0.6 is 11.8 Å². The molecular weight excluding hydrogens is 440 g/mol. The number of hydrogen-bond acceptors (Lipinski definition) is 6. The van der Waals surface area contributed by atoms with E-state index >= 15 is 0 Å². The third kappa shape index (κ3) is 4.99. The van der Waals surface area contributed by atoms with Crippen LogP contribution in [0.3, 0.4) is 0 Å². The van der Waals surface area contributed by atoms with Crippen molar-refractivity contribution in [3.8, 4) is 5.75 Å². The van der Waals surface area contributed by atoms with E-state index in [1.54, 1.807) is 11.6 Å². The van der Waals surface area contributed by atoms with E-state index in [1.807, 2.05) is 42.5 Å². The van der Waals surface area contributed by atoms with Gasteiger partial charge in [-0.05, 0) is 23.8 Å². The SMILES string of the molecule is CC(C)CCSc1nc2c(c(=O)[nH]c(=O)n2C)n1CC(O)COc1cccc2ccccc12. The van der Waals surface area contributed by atoms with Crippen LogP contribution < -0.4 is 16.0 Å². The van der Waals surface area contributed by atoms with Crippen LogP contribution in [0.25, 0.3) is 21.9 Å². The number of aromatic nitrogens is 4. The summed E-state index contributed by atoms with van der Waals surface area (Å²) in [5.41, 5.74) is -0.458. The highest BCUT2D eigenvalue weighted by Crippen LogP contribution is 2.26. The van der Waals surface area contributed by atoms with Crippen molar-refractivity contribution in [3.05, 3.63) is 63.3 Å². The number of imidazole rings is 1. The maximum atomic E-state index is 12.6. The Balaban J connectivity index is 1.60. The van der Waals surface area contributed by atoms with Gasteiger partial charge in [0, 0.05) is 18.2 Å². The summed E-state index contributed by atoms with van der Waals surface area (Å²) in [6, 6.07) is 13.7. The lowest BCUT2D eigenvalue weighted by molar-refractivity contribution is 0.0921. The summed E-state index contributed by atoms with van der Waals surface area (Å²) in [5, 5.41) is 13.4. The van der Waals surface area contributed by atoms with Gasteiger partial charge in [-0.3, -0.25) is 14.3 Å². The Morgan fingerprint density at radius 1 is 1.15 bits per heavy atom. The van der Waals surface area contributed by atoms with Gasteiger partial charge in [-0.15, -0.1) is 0 Å². The maximum absolute atomic E-state index is 12.6. The van der Waals surface area contributed by atoms with Crippen LogP contribution in [-0.4, -0.2) is 42.7 Å². The molecule has 0 radical (unpaired) electrons. The quantitative estimate of drug-likeness (QED) is 0.366. The number of benzene rings is 2. The first kappa shape index (κ1) is 23.1. The smallest absolute Gasteiger partial charge is 0.329 e. The van der Waals surface area contributed by atoms with Gasteiger partial charge in [0.2, 0.25) is 0 Å². The molecule has 2 N–H and O–H groups in total. The van der Waals surface area contributed by atoms with Gasteiger partial charge >= 0.3 is 5.69 Å². The van der Waals surface area contributed by atoms with Gasteiger partial charge in [0.05, 0.1) is 6.54 Å². The zero-order chi connectivity index (χ0) is 23.5. The van der Waals surface area contributed by atoms with E-state index in [0.29, 0.717) is 22.5 Å². The number of ether oxygens (including phenoxy) is 1. The van der Waals surface area contributed by atoms with Gasteiger partial charge in [0.25, 0.3) is 5.56 Å². The zero-order valence-corrected chi connectivity index (χ0v) is 19.8. The third-order valence-corrected chi connectivity index (χ3v) is 6.48. The number of aliphatic hydroxyl groups is 1. The lowest BCUT2D eigenvalue weighted by Gasteiger charge is -2.16. The summed E-state index contributed by atoms with van der Waals surface area (Å²) in [4.78, 5) is 31.6. The fraction of sp³-hybridized carbons (Fsp3) is 0.375. The number of H-pyrrole nitrogens is 1. The molecule has 2 heterocycles. The molecule has 0 aliphatic heterocycles. The molecule has 1 unspecified atom stereocenters. The Morgan fingerprint density at radius 2 is 1.91 bits per heavy atom. The van der Waals surface area contributed by atoms with Crippen LogP contribution in [0, 0.1) is 5.92 Å². The Kier molecular flexibility index (Phi) is 6.90. The number of rotatable bonds is 9. The monoisotopic (exact) mass is 468 g/mol. The van der Waals surface area contributed by atoms with Crippen molar-refractivity contribution in [2.75, 3.05) is 12.4 Å². The molecule has 0 amide bonds. The summed E-state index contributed by atoms with van der Waals surface area (Å²) in [7, 11) is 1.57. The van der Waals surface area contributed by atoms with Crippen molar-refractivity contribution in [2.24, 2.45) is 13.0 Å². The van der Waals surface area contributed by atoms with Crippen molar-refractivity contribution in [1.82, 2.24) is 19.1 Å². The lowest BCUT2D eigenvalue weighted by Crippen LogP contribution is -2.30. The number of thioether (sulfide) groups is 1. The Bertz CT molecular complexity index is 1380. The molecule has 0 saturated carbocycles. The fourth-order valence-electron chi connectivity index (χ4n) is 3.65. The van der Waals surface area contributed by atoms with Gasteiger partial charge in [-0.1, -0.05) is 62.0 Å². The molecule has 174 valence electrons. The number of nitrogens with zero attached hydrogens (tertiary/aromatic N) is 3. The lowest BCUT2D eigenvalue weighted by atomic mass is 10.1. The Hall–Kier alpha value is -3.04. The number of aryl methyl sites for hydroxylation is 1. The van der Waals surface area contributed by atoms with Gasteiger partial charge in [0.1, 0.15) is 18.5 Å². The molecule has 0 spiro atoms. The summed E-state index contributed by atoms with van der Waals surface area (Å²) >= 11 is 1.51. The van der Waals surface area contributed by atoms with Crippen molar-refractivity contribution in [1.29, 1.82) is 0 Å². The summed E-state index contributed by atoms with van der Waals surface area (Å²) in [6.45, 7) is 4.46. The van der Waals surface area contributed by atoms with Crippen molar-refractivity contribution in [2.45, 2.75) is 38.1 Å². The Morgan fingerprint density at radius 3 is 2.70 bits per heavy atom. The van der Waals surface area contributed by atoms with Crippen molar-refractivity contribution in [3.63, 3.8) is 0 Å². The van der Waals surface area contributed by atoms with E-state index < -0.39 is 17.4 Å². The maximum Gasteiger partial charge on any atom is 0.329 e. The second-order valence-corrected chi connectivity index (χ2v) is 9.53. The topological polar surface area (TPSA) is 102 Å². The minimum atomic E-state index is -0.887. The first-order valence-corrected chi connectivity index (χ1v) is 11.9. The standard InChI is InChI=1S/C24H28N4O4S/c1-15(2)11-12-33-24-25-21-20(22(30)26-23(31)27(21)3)28(24)13-17(29)14-32-19-10-6-8-16-7-4-5-9-18(16)19/h4-10,15,17,29H,11-14H2,1-3H3,(H,26,30,31). The number of aliphatic hydroxyl groups excluding tert-OH is 1. The van der Waals surface area contributed by atoms with Gasteiger partial charge in [-0.2, -0.15) is 0 Å². The molecule has 1 atom stereocenters. The van der Waals surface area contributed by atoms with Crippen LogP contribution in [0.1, 0.15) is 20.3 Å². The normalized spacial score (nSPS) is 12.6. The van der Waals surface area contributed by atoms with Crippen LogP contribution in [0.15, 0.2) is 57.2 Å². The first-order chi connectivity index (χ1) is 15.8. The van der Waals surface area contributed by atoms with Crippen molar-refractivity contribution < 1.29 is 9.84 Å². The van der Waals surface area contributed by atoms with Crippen LogP contribution in [0.5, 0.6) is 5.75 Å². The average Bonchev–Trinajstić information content (AvgIpc) is 3.14. The molecule has 0 fully saturated rings. The van der Waals surface area contributed by atoms with E-state index in [2.05, 4.69) is 23.8 Å². The molecule has 33 heavy (non-hydrogen) atoms. The van der Waals surface area contributed by atoms with E-state index in [4.69, 9.17) is 4.74 Å². The van der Waals surface area contributed by atoms with Crippen LogP contribution in [0.2, 0.25) is 0 Å². The second-order valence-electron chi connectivity index (χ2n) is 8.47. The number of nitrogens with one attached hydrogen (secondary N) is 1. The van der Waals surface area contributed by atoms with Crippen LogP contribution in [0.4, 0.5) is 0 Å². The third-order valence-electron chi connectivity index (χ3n) is 5.47. The summed E-state index contributed by atoms with van der Waals surface area (Å²) in [5.74, 6) is 2.03. The average molecular weight is 469 g/mol. The molecule has 0 aliphatic carbocycles. The first-order valence-electron chi connectivity index (χ1n) is 11.0. The van der Waals surface area contributed by atoms with Gasteiger partial charge in [-0.25, -0.2) is 9.78 Å². The van der Waals surface area contributed by atoms with E-state index in [1.165, 1.54) is 16.3 Å². The van der Waals surface area contributed by atoms with E-state index in [-0.39, 0.29) is 18.7 Å². The summed E-state index contributed by atoms with van der Waals surface area (Å²) < 4.78 is 8.94. The van der Waals surface area contributed by atoms with E-state index in [0.717, 1.165) is 22.9 Å². The highest BCUT2D eigenvalue weighted by Gasteiger charge is 2.20. The molecule has 9 heteroatoms. The van der Waals surface area contributed by atoms with Crippen LogP contribution in [-0.2, 0) is 13.6 Å². The number of aromatic amines is 1. The second kappa shape index (κ2) is 9.84. The Labute approximate surface area is 195 Å². The largest absolute Gasteiger partial charge is 0.490 e. The highest BCUT2D eigenvalue weighted by molar-refractivity contribution is 7.99. The molecule has 4 rings (SSSR count). The summed E-state index contributed by atoms with van der Waals surface area (Å²) in [6.07, 6.45) is 0.0954. The van der Waals surface area contributed by atoms with Crippen molar-refractivity contribution >= 4 is 33.7 Å². The minimum absolute atomic E-state index is 0.0491. The van der Waals surface area contributed by atoms with Gasteiger partial charge < -0.3 is 14.4 Å². The molecular formula is C24H28N4O4S. The molecule has 0 saturated heterocycles. The molecule has 8 nitrogen and oxygen atoms in total. The fourth-order valence-corrected chi connectivity index (χ4v) is 4.90. The molecule has 0 bridgehead atoms. The highest BCUT2D eigenvalue weighted by atomic mass is 32.2.